The predicted octanol–water partition coefficient (Wildman–Crippen LogP) is 6.12. The summed E-state index contributed by atoms with van der Waals surface area (Å²) in [6.45, 7) is 4.26. The van der Waals surface area contributed by atoms with E-state index >= 15 is 0 Å². The molecule has 0 fully saturated rings. The molecular weight excluding hydrogens is 414 g/mol. The van der Waals surface area contributed by atoms with E-state index in [4.69, 9.17) is 0 Å². The van der Waals surface area contributed by atoms with Crippen molar-refractivity contribution in [1.82, 2.24) is 0 Å². The summed E-state index contributed by atoms with van der Waals surface area (Å²) in [6.07, 6.45) is 1.25. The van der Waals surface area contributed by atoms with E-state index in [1.165, 1.54) is 0 Å². The number of carbonyl (C=O) groups is 1. The third kappa shape index (κ3) is 3.55. The zero-order valence-electron chi connectivity index (χ0n) is 19.3. The fourth-order valence-corrected chi connectivity index (χ4v) is 5.24. The monoisotopic (exact) mass is 441 g/mol. The summed E-state index contributed by atoms with van der Waals surface area (Å²) in [5.74, 6) is 0.108. The van der Waals surface area contributed by atoms with Crippen molar-refractivity contribution in [3.63, 3.8) is 0 Å². The molecule has 3 aromatic rings. The zero-order valence-corrected chi connectivity index (χ0v) is 19.3. The van der Waals surface area contributed by atoms with Gasteiger partial charge >= 0.3 is 0 Å². The van der Waals surface area contributed by atoms with Gasteiger partial charge in [0.15, 0.2) is 5.78 Å². The fourth-order valence-electron chi connectivity index (χ4n) is 5.24. The van der Waals surface area contributed by atoms with Crippen LogP contribution in [-0.4, -0.2) is 24.8 Å². The summed E-state index contributed by atoms with van der Waals surface area (Å²) in [7, 11) is 3.57. The molecule has 1 atom stereocenters. The molecule has 168 valence electrons. The molecule has 0 aromatic heterocycles. The molecule has 6 nitrogen and oxygen atoms in total. The van der Waals surface area contributed by atoms with Gasteiger partial charge in [0.1, 0.15) is 5.69 Å². The topological polar surface area (TPSA) is 75.5 Å². The first kappa shape index (κ1) is 21.2. The van der Waals surface area contributed by atoms with Crippen LogP contribution in [0.1, 0.15) is 43.9 Å². The van der Waals surface area contributed by atoms with Gasteiger partial charge in [-0.3, -0.25) is 14.9 Å². The van der Waals surface area contributed by atoms with Gasteiger partial charge in [0, 0.05) is 43.4 Å². The average Bonchev–Trinajstić information content (AvgIpc) is 2.76. The molecule has 0 spiro atoms. The van der Waals surface area contributed by atoms with E-state index in [1.807, 2.05) is 18.2 Å². The number of nitro groups is 1. The number of nitrogens with one attached hydrogen (secondary N) is 1. The van der Waals surface area contributed by atoms with Gasteiger partial charge in [-0.2, -0.15) is 0 Å². The number of allylic oxidation sites excluding steroid dienone is 1. The number of carbonyl (C=O) groups excluding carboxylic acids is 1. The second-order valence-electron chi connectivity index (χ2n) is 10.1. The Morgan fingerprint density at radius 1 is 1.03 bits per heavy atom. The molecule has 1 aliphatic heterocycles. The lowest BCUT2D eigenvalue weighted by atomic mass is 9.68. The maximum absolute atomic E-state index is 13.5. The average molecular weight is 442 g/mol. The Labute approximate surface area is 193 Å². The summed E-state index contributed by atoms with van der Waals surface area (Å²) in [5.41, 5.74) is 4.98. The number of nitro benzene ring substituents is 1. The maximum Gasteiger partial charge on any atom is 0.292 e. The lowest BCUT2D eigenvalue weighted by molar-refractivity contribution is -0.384. The Bertz CT molecular complexity index is 1350. The van der Waals surface area contributed by atoms with Gasteiger partial charge in [0.25, 0.3) is 5.69 Å². The van der Waals surface area contributed by atoms with E-state index in [-0.39, 0.29) is 21.8 Å². The number of ketones is 1. The van der Waals surface area contributed by atoms with Gasteiger partial charge in [0.05, 0.1) is 11.0 Å². The first-order chi connectivity index (χ1) is 15.6. The summed E-state index contributed by atoms with van der Waals surface area (Å²) in [5, 5.41) is 17.6. The van der Waals surface area contributed by atoms with Crippen molar-refractivity contribution in [3.05, 3.63) is 81.4 Å². The van der Waals surface area contributed by atoms with Crippen LogP contribution in [0.5, 0.6) is 0 Å². The minimum absolute atomic E-state index is 0.0364. The van der Waals surface area contributed by atoms with Crippen molar-refractivity contribution in [2.75, 3.05) is 24.3 Å². The van der Waals surface area contributed by atoms with Gasteiger partial charge in [-0.25, -0.2) is 0 Å². The van der Waals surface area contributed by atoms with Crippen molar-refractivity contribution < 1.29 is 9.72 Å². The third-order valence-corrected chi connectivity index (χ3v) is 6.73. The minimum Gasteiger partial charge on any atom is -0.373 e. The number of fused-ring (bicyclic) bond motifs is 3. The molecule has 0 radical (unpaired) electrons. The molecule has 5 rings (SSSR count). The number of benzene rings is 3. The number of Topliss-reactive ketones (excluding diaryl/α,β-unsaturated/α-hetero) is 1. The molecule has 2 aliphatic rings. The van der Waals surface area contributed by atoms with Gasteiger partial charge < -0.3 is 10.2 Å². The van der Waals surface area contributed by atoms with Gasteiger partial charge in [-0.15, -0.1) is 0 Å². The largest absolute Gasteiger partial charge is 0.373 e. The molecule has 0 bridgehead atoms. The molecule has 0 amide bonds. The highest BCUT2D eigenvalue weighted by molar-refractivity contribution is 6.10. The SMILES string of the molecule is CN(C)c1ccc([C@H]2Nc3cc4ccccc4cc3C3=C2C(=O)CC(C)(C)C3)cc1[N+](=O)[O-]. The Hall–Kier alpha value is -3.67. The molecule has 6 heteroatoms. The molecule has 1 aliphatic carbocycles. The fraction of sp³-hybridized carbons (Fsp3) is 0.296. The van der Waals surface area contributed by atoms with Crippen molar-refractivity contribution in [3.8, 4) is 0 Å². The summed E-state index contributed by atoms with van der Waals surface area (Å²) < 4.78 is 0. The van der Waals surface area contributed by atoms with E-state index in [0.717, 1.165) is 45.2 Å². The summed E-state index contributed by atoms with van der Waals surface area (Å²) >= 11 is 0. The Morgan fingerprint density at radius 3 is 2.39 bits per heavy atom. The van der Waals surface area contributed by atoms with Gasteiger partial charge in [-0.05, 0) is 51.9 Å². The van der Waals surface area contributed by atoms with E-state index in [0.29, 0.717) is 12.1 Å². The predicted molar refractivity (Wildman–Crippen MR) is 133 cm³/mol. The Balaban J connectivity index is 1.74. The highest BCUT2D eigenvalue weighted by Gasteiger charge is 2.40. The minimum atomic E-state index is -0.424. The summed E-state index contributed by atoms with van der Waals surface area (Å²) in [4.78, 5) is 26.6. The number of nitrogens with zero attached hydrogens (tertiary/aromatic N) is 2. The lowest BCUT2D eigenvalue weighted by Crippen LogP contribution is -2.33. The molecule has 1 N–H and O–H groups in total. The van der Waals surface area contributed by atoms with Crippen molar-refractivity contribution in [2.24, 2.45) is 5.41 Å². The molecular formula is C27H27N3O3. The molecule has 0 saturated carbocycles. The van der Waals surface area contributed by atoms with E-state index < -0.39 is 6.04 Å². The highest BCUT2D eigenvalue weighted by atomic mass is 16.6. The second kappa shape index (κ2) is 7.44. The molecule has 33 heavy (non-hydrogen) atoms. The third-order valence-electron chi connectivity index (χ3n) is 6.73. The highest BCUT2D eigenvalue weighted by Crippen LogP contribution is 2.51. The van der Waals surface area contributed by atoms with Crippen LogP contribution >= 0.6 is 0 Å². The molecule has 0 unspecified atom stereocenters. The smallest absolute Gasteiger partial charge is 0.292 e. The zero-order chi connectivity index (χ0) is 23.5. The lowest BCUT2D eigenvalue weighted by Gasteiger charge is -2.40. The number of rotatable bonds is 3. The van der Waals surface area contributed by atoms with Crippen molar-refractivity contribution in [1.29, 1.82) is 0 Å². The van der Waals surface area contributed by atoms with E-state index in [2.05, 4.69) is 43.4 Å². The first-order valence-corrected chi connectivity index (χ1v) is 11.2. The van der Waals surface area contributed by atoms with Crippen LogP contribution in [-0.2, 0) is 4.79 Å². The molecule has 3 aromatic carbocycles. The number of hydrogen-bond donors (Lipinski definition) is 1. The van der Waals surface area contributed by atoms with Gasteiger partial charge in [-0.1, -0.05) is 44.2 Å². The first-order valence-electron chi connectivity index (χ1n) is 11.2. The maximum atomic E-state index is 13.5. The Morgan fingerprint density at radius 2 is 1.73 bits per heavy atom. The summed E-state index contributed by atoms with van der Waals surface area (Å²) in [6, 6.07) is 17.3. The molecule has 0 saturated heterocycles. The Kier molecular flexibility index (Phi) is 4.78. The van der Waals surface area contributed by atoms with Crippen molar-refractivity contribution in [2.45, 2.75) is 32.7 Å². The van der Waals surface area contributed by atoms with Crippen LogP contribution in [0.25, 0.3) is 16.3 Å². The number of anilines is 2. The van der Waals surface area contributed by atoms with Gasteiger partial charge in [0.2, 0.25) is 0 Å². The normalized spacial score (nSPS) is 19.0. The van der Waals surface area contributed by atoms with Crippen LogP contribution < -0.4 is 10.2 Å². The second-order valence-corrected chi connectivity index (χ2v) is 10.1. The van der Waals surface area contributed by atoms with E-state index in [1.54, 1.807) is 31.1 Å². The van der Waals surface area contributed by atoms with Crippen LogP contribution in [0.3, 0.4) is 0 Å². The van der Waals surface area contributed by atoms with Crippen LogP contribution in [0, 0.1) is 15.5 Å². The van der Waals surface area contributed by atoms with Crippen LogP contribution in [0.2, 0.25) is 0 Å². The standard InChI is InChI=1S/C27H27N3O3/c1-27(2)14-20-19-11-16-7-5-6-8-17(16)12-21(19)28-26(25(20)24(31)15-27)18-9-10-22(29(3)4)23(13-18)30(32)33/h5-13,26,28H,14-15H2,1-4H3/t26-/m1/s1. The van der Waals surface area contributed by atoms with E-state index in [9.17, 15) is 14.9 Å². The number of hydrogen-bond acceptors (Lipinski definition) is 5. The quantitative estimate of drug-likeness (QED) is 0.391. The van der Waals surface area contributed by atoms with Crippen LogP contribution in [0.4, 0.5) is 17.1 Å². The van der Waals surface area contributed by atoms with Crippen LogP contribution in [0.15, 0.2) is 60.2 Å². The van der Waals surface area contributed by atoms with Crippen molar-refractivity contribution >= 4 is 39.2 Å². The molecule has 1 heterocycles.